The van der Waals surface area contributed by atoms with Crippen LogP contribution in [-0.4, -0.2) is 47.0 Å². The Morgan fingerprint density at radius 3 is 2.34 bits per heavy atom. The molecule has 0 saturated heterocycles. The second-order valence-corrected chi connectivity index (χ2v) is 11.2. The van der Waals surface area contributed by atoms with Crippen molar-refractivity contribution in [3.8, 4) is 0 Å². The molecule has 0 aromatic heterocycles. The molecule has 0 unspecified atom stereocenters. The first-order chi connectivity index (χ1) is 13.0. The summed E-state index contributed by atoms with van der Waals surface area (Å²) in [4.78, 5) is 1.82. The maximum atomic E-state index is 12.9. The number of hydrogen-bond donors (Lipinski definition) is 3. The molecule has 166 valence electrons. The van der Waals surface area contributed by atoms with E-state index >= 15 is 0 Å². The molecule has 1 aromatic rings. The lowest BCUT2D eigenvalue weighted by Crippen LogP contribution is -2.59. The van der Waals surface area contributed by atoms with E-state index in [0.717, 1.165) is 38.5 Å². The Morgan fingerprint density at radius 1 is 1.24 bits per heavy atom. The van der Waals surface area contributed by atoms with E-state index < -0.39 is 30.6 Å². The number of halogens is 2. The van der Waals surface area contributed by atoms with Gasteiger partial charge in [0.1, 0.15) is 15.5 Å². The average molecular weight is 487 g/mol. The van der Waals surface area contributed by atoms with Gasteiger partial charge in [-0.25, -0.2) is 22.0 Å². The zero-order valence-electron chi connectivity index (χ0n) is 16.4. The third-order valence-corrected chi connectivity index (χ3v) is 8.66. The van der Waals surface area contributed by atoms with Crippen molar-refractivity contribution in [2.24, 2.45) is 11.1 Å². The fourth-order valence-corrected chi connectivity index (χ4v) is 6.82. The van der Waals surface area contributed by atoms with Crippen molar-refractivity contribution in [2.45, 2.75) is 55.0 Å². The van der Waals surface area contributed by atoms with Crippen LogP contribution in [0.1, 0.15) is 39.5 Å². The van der Waals surface area contributed by atoms with Gasteiger partial charge in [-0.05, 0) is 56.8 Å². The lowest BCUT2D eigenvalue weighted by atomic mass is 9.81. The van der Waals surface area contributed by atoms with E-state index in [2.05, 4.69) is 28.8 Å². The van der Waals surface area contributed by atoms with Gasteiger partial charge >= 0.3 is 0 Å². The highest BCUT2D eigenvalue weighted by atomic mass is 35.5. The molecule has 1 aliphatic carbocycles. The molecule has 2 aliphatic rings. The number of rotatable bonds is 5. The Balaban J connectivity index is 0.00000300. The fraction of sp³-hybridized carbons (Fsp3) is 0.647. The van der Waals surface area contributed by atoms with Crippen LogP contribution >= 0.6 is 24.0 Å². The van der Waals surface area contributed by atoms with Crippen molar-refractivity contribution >= 4 is 49.7 Å². The highest BCUT2D eigenvalue weighted by molar-refractivity contribution is 7.90. The van der Waals surface area contributed by atoms with Gasteiger partial charge in [0.2, 0.25) is 20.0 Å². The van der Waals surface area contributed by atoms with Crippen molar-refractivity contribution in [3.63, 3.8) is 0 Å². The summed E-state index contributed by atoms with van der Waals surface area (Å²) in [5.41, 5.74) is -0.476. The van der Waals surface area contributed by atoms with Gasteiger partial charge in [0.15, 0.2) is 0 Å². The predicted molar refractivity (Wildman–Crippen MR) is 116 cm³/mol. The third kappa shape index (κ3) is 5.17. The van der Waals surface area contributed by atoms with Gasteiger partial charge in [-0.3, -0.25) is 0 Å². The summed E-state index contributed by atoms with van der Waals surface area (Å²) in [6.45, 7) is 7.29. The Kier molecular flexibility index (Phi) is 7.53. The summed E-state index contributed by atoms with van der Waals surface area (Å²) in [6.07, 6.45) is 3.08. The summed E-state index contributed by atoms with van der Waals surface area (Å²) in [5, 5.41) is 8.31. The molecule has 8 nitrogen and oxygen atoms in total. The maximum absolute atomic E-state index is 12.9. The number of benzene rings is 1. The van der Waals surface area contributed by atoms with Gasteiger partial charge in [0.05, 0.1) is 10.7 Å². The van der Waals surface area contributed by atoms with Crippen LogP contribution in [0.15, 0.2) is 21.9 Å². The first-order valence-corrected chi connectivity index (χ1v) is 12.8. The zero-order chi connectivity index (χ0) is 20.7. The minimum absolute atomic E-state index is 0. The van der Waals surface area contributed by atoms with E-state index in [1.807, 2.05) is 0 Å². The van der Waals surface area contributed by atoms with Crippen LogP contribution in [-0.2, 0) is 20.0 Å². The SMILES string of the molecule is CCN(CC)CC1CCC2(CC1)Nc1cc(Cl)c(S(N)(=O)=O)cc1S(=O)(=O)N2.Cl. The largest absolute Gasteiger partial charge is 0.365 e. The molecule has 1 saturated carbocycles. The van der Waals surface area contributed by atoms with Crippen LogP contribution in [0.3, 0.4) is 0 Å². The summed E-state index contributed by atoms with van der Waals surface area (Å²) in [7, 11) is -8.03. The first kappa shape index (κ1) is 24.6. The smallest absolute Gasteiger partial charge is 0.244 e. The molecule has 0 radical (unpaired) electrons. The minimum atomic E-state index is -4.13. The van der Waals surface area contributed by atoms with Crippen LogP contribution in [0.2, 0.25) is 5.02 Å². The highest BCUT2D eigenvalue weighted by Gasteiger charge is 2.44. The molecule has 4 N–H and O–H groups in total. The first-order valence-electron chi connectivity index (χ1n) is 9.40. The number of anilines is 1. The number of fused-ring (bicyclic) bond motifs is 1. The van der Waals surface area contributed by atoms with Gasteiger partial charge in [-0.2, -0.15) is 4.72 Å². The molecule has 12 heteroatoms. The molecule has 0 bridgehead atoms. The predicted octanol–water partition coefficient (Wildman–Crippen LogP) is 2.34. The van der Waals surface area contributed by atoms with Crippen LogP contribution in [0.25, 0.3) is 0 Å². The van der Waals surface area contributed by atoms with Crippen LogP contribution < -0.4 is 15.2 Å². The monoisotopic (exact) mass is 486 g/mol. The van der Waals surface area contributed by atoms with E-state index in [9.17, 15) is 16.8 Å². The molecule has 1 spiro atoms. The number of hydrogen-bond acceptors (Lipinski definition) is 6. The summed E-state index contributed by atoms with van der Waals surface area (Å²) >= 11 is 6.06. The second kappa shape index (κ2) is 8.86. The molecular weight excluding hydrogens is 459 g/mol. The quantitative estimate of drug-likeness (QED) is 0.586. The van der Waals surface area contributed by atoms with E-state index in [1.54, 1.807) is 0 Å². The van der Waals surface area contributed by atoms with Crippen molar-refractivity contribution < 1.29 is 16.8 Å². The molecular formula is C17H28Cl2N4O4S2. The van der Waals surface area contributed by atoms with E-state index in [4.69, 9.17) is 16.7 Å². The molecule has 1 fully saturated rings. The second-order valence-electron chi connectivity index (χ2n) is 7.57. The van der Waals surface area contributed by atoms with E-state index in [0.29, 0.717) is 24.4 Å². The molecule has 3 rings (SSSR count). The van der Waals surface area contributed by atoms with Crippen molar-refractivity contribution in [2.75, 3.05) is 25.0 Å². The van der Waals surface area contributed by atoms with Gasteiger partial charge < -0.3 is 10.2 Å². The minimum Gasteiger partial charge on any atom is -0.365 e. The lowest BCUT2D eigenvalue weighted by Gasteiger charge is -2.45. The van der Waals surface area contributed by atoms with Crippen molar-refractivity contribution in [1.29, 1.82) is 0 Å². The Bertz CT molecular complexity index is 958. The molecule has 0 amide bonds. The fourth-order valence-electron chi connectivity index (χ4n) is 4.10. The topological polar surface area (TPSA) is 122 Å². The summed E-state index contributed by atoms with van der Waals surface area (Å²) < 4.78 is 51.8. The van der Waals surface area contributed by atoms with Crippen molar-refractivity contribution in [1.82, 2.24) is 9.62 Å². The van der Waals surface area contributed by atoms with Gasteiger partial charge in [-0.1, -0.05) is 25.4 Å². The highest BCUT2D eigenvalue weighted by Crippen LogP contribution is 2.41. The number of nitrogens with one attached hydrogen (secondary N) is 2. The third-order valence-electron chi connectivity index (χ3n) is 5.70. The summed E-state index contributed by atoms with van der Waals surface area (Å²) in [6, 6.07) is 2.35. The van der Waals surface area contributed by atoms with Gasteiger partial charge in [-0.15, -0.1) is 12.4 Å². The zero-order valence-corrected chi connectivity index (χ0v) is 19.6. The van der Waals surface area contributed by atoms with Crippen molar-refractivity contribution in [3.05, 3.63) is 17.2 Å². The van der Waals surface area contributed by atoms with Crippen LogP contribution in [0.4, 0.5) is 5.69 Å². The maximum Gasteiger partial charge on any atom is 0.244 e. The Labute approximate surface area is 184 Å². The molecule has 1 aliphatic heterocycles. The number of sulfonamides is 2. The number of nitrogens with two attached hydrogens (primary N) is 1. The standard InChI is InChI=1S/C17H27ClN4O4S2.ClH/c1-3-22(4-2)11-12-5-7-17(8-6-12)20-14-9-13(18)15(27(19,23)24)10-16(14)28(25,26)21-17;/h9-10,12,20-21H,3-8,11H2,1-2H3,(H2,19,23,24);1H. The molecule has 29 heavy (non-hydrogen) atoms. The van der Waals surface area contributed by atoms with E-state index in [1.165, 1.54) is 6.07 Å². The normalized spacial score (nSPS) is 25.9. The molecule has 0 atom stereocenters. The summed E-state index contributed by atoms with van der Waals surface area (Å²) in [5.74, 6) is 0.520. The Hall–Kier alpha value is -0.620. The number of primary sulfonamides is 1. The number of nitrogens with zero attached hydrogens (tertiary/aromatic N) is 1. The molecule has 1 aromatic carbocycles. The Morgan fingerprint density at radius 2 is 1.83 bits per heavy atom. The molecule has 1 heterocycles. The van der Waals surface area contributed by atoms with Crippen LogP contribution in [0.5, 0.6) is 0 Å². The lowest BCUT2D eigenvalue weighted by molar-refractivity contribution is 0.177. The van der Waals surface area contributed by atoms with Gasteiger partial charge in [0.25, 0.3) is 0 Å². The average Bonchev–Trinajstić information content (AvgIpc) is 2.59. The van der Waals surface area contributed by atoms with Crippen LogP contribution in [0, 0.1) is 5.92 Å². The van der Waals surface area contributed by atoms with E-state index in [-0.39, 0.29) is 22.3 Å². The van der Waals surface area contributed by atoms with Gasteiger partial charge in [0, 0.05) is 6.54 Å².